The first kappa shape index (κ1) is 8.27. The summed E-state index contributed by atoms with van der Waals surface area (Å²) in [6, 6.07) is 0. The second-order valence-electron chi connectivity index (χ2n) is 1.76. The summed E-state index contributed by atoms with van der Waals surface area (Å²) in [5.74, 6) is 0. The Morgan fingerprint density at radius 1 is 1.78 bits per heavy atom. The van der Waals surface area contributed by atoms with Crippen LogP contribution in [0.3, 0.4) is 0 Å². The average molecular weight is 129 g/mol. The average Bonchev–Trinajstić information content (AvgIpc) is 1.84. The van der Waals surface area contributed by atoms with Crippen molar-refractivity contribution < 1.29 is 4.74 Å². The Morgan fingerprint density at radius 3 is 2.11 bits per heavy atom. The molecule has 52 valence electrons. The minimum Gasteiger partial charge on any atom is -0.378 e. The largest absolute Gasteiger partial charge is 0.378 e. The van der Waals surface area contributed by atoms with Crippen LogP contribution in [-0.2, 0) is 4.74 Å². The van der Waals surface area contributed by atoms with Crippen molar-refractivity contribution in [3.8, 4) is 0 Å². The Bertz CT molecular complexity index is 105. The van der Waals surface area contributed by atoms with Crippen LogP contribution in [0.2, 0.25) is 0 Å². The standard InChI is InChI=1S/C4H8O.CH3N3/c1-4-2-3-5-4;1-3-4-2/h4H,2-3H2,1H3;1H3. The van der Waals surface area contributed by atoms with Gasteiger partial charge in [0.2, 0.25) is 0 Å². The molecule has 0 saturated carbocycles. The van der Waals surface area contributed by atoms with Gasteiger partial charge in [-0.25, -0.2) is 0 Å². The van der Waals surface area contributed by atoms with Crippen molar-refractivity contribution in [1.82, 2.24) is 0 Å². The molecule has 1 saturated heterocycles. The highest BCUT2D eigenvalue weighted by molar-refractivity contribution is 4.57. The zero-order valence-electron chi connectivity index (χ0n) is 5.74. The summed E-state index contributed by atoms with van der Waals surface area (Å²) >= 11 is 0. The third-order valence-corrected chi connectivity index (χ3v) is 1.02. The van der Waals surface area contributed by atoms with Crippen LogP contribution in [0.1, 0.15) is 13.3 Å². The van der Waals surface area contributed by atoms with E-state index >= 15 is 0 Å². The molecule has 0 aromatic carbocycles. The van der Waals surface area contributed by atoms with Crippen LogP contribution in [0.25, 0.3) is 10.4 Å². The minimum absolute atomic E-state index is 0.565. The maximum absolute atomic E-state index is 7.33. The smallest absolute Gasteiger partial charge is 0.0568 e. The van der Waals surface area contributed by atoms with E-state index in [1.54, 1.807) is 0 Å². The van der Waals surface area contributed by atoms with Gasteiger partial charge in [0.15, 0.2) is 0 Å². The van der Waals surface area contributed by atoms with Crippen molar-refractivity contribution in [3.05, 3.63) is 10.4 Å². The van der Waals surface area contributed by atoms with Gasteiger partial charge in [0, 0.05) is 18.6 Å². The maximum atomic E-state index is 7.33. The highest BCUT2D eigenvalue weighted by Gasteiger charge is 2.09. The molecule has 0 spiro atoms. The van der Waals surface area contributed by atoms with Crippen LogP contribution >= 0.6 is 0 Å². The highest BCUT2D eigenvalue weighted by Crippen LogP contribution is 2.07. The Hall–Kier alpha value is -0.730. The lowest BCUT2D eigenvalue weighted by Crippen LogP contribution is -2.22. The Kier molecular flexibility index (Phi) is 4.97. The highest BCUT2D eigenvalue weighted by atomic mass is 16.5. The molecule has 1 fully saturated rings. The molecule has 0 N–H and O–H groups in total. The van der Waals surface area contributed by atoms with Crippen LogP contribution < -0.4 is 0 Å². The fourth-order valence-electron chi connectivity index (χ4n) is 0.354. The molecule has 0 aromatic heterocycles. The van der Waals surface area contributed by atoms with E-state index in [1.165, 1.54) is 13.5 Å². The van der Waals surface area contributed by atoms with E-state index in [1.807, 2.05) is 0 Å². The summed E-state index contributed by atoms with van der Waals surface area (Å²) in [7, 11) is 1.39. The topological polar surface area (TPSA) is 58.0 Å². The molecule has 4 nitrogen and oxygen atoms in total. The molecule has 1 unspecified atom stereocenters. The van der Waals surface area contributed by atoms with E-state index in [-0.39, 0.29) is 0 Å². The number of hydrogen-bond acceptors (Lipinski definition) is 2. The molecule has 1 aliphatic heterocycles. The van der Waals surface area contributed by atoms with E-state index in [9.17, 15) is 0 Å². The van der Waals surface area contributed by atoms with Crippen molar-refractivity contribution in [2.75, 3.05) is 13.7 Å². The van der Waals surface area contributed by atoms with Gasteiger partial charge in [0.05, 0.1) is 6.10 Å². The molecular formula is C5H11N3O. The fraction of sp³-hybridized carbons (Fsp3) is 1.00. The second-order valence-corrected chi connectivity index (χ2v) is 1.76. The molecule has 0 aliphatic carbocycles. The predicted octanol–water partition coefficient (Wildman–Crippen LogP) is 1.72. The summed E-state index contributed by atoms with van der Waals surface area (Å²) < 4.78 is 4.93. The Morgan fingerprint density at radius 2 is 2.11 bits per heavy atom. The van der Waals surface area contributed by atoms with Crippen LogP contribution in [0, 0.1) is 0 Å². The van der Waals surface area contributed by atoms with Gasteiger partial charge in [-0.1, -0.05) is 5.11 Å². The van der Waals surface area contributed by atoms with Crippen molar-refractivity contribution in [2.24, 2.45) is 5.11 Å². The normalized spacial score (nSPS) is 22.2. The number of ether oxygens (including phenoxy) is 1. The summed E-state index contributed by atoms with van der Waals surface area (Å²) in [5.41, 5.74) is 7.33. The maximum Gasteiger partial charge on any atom is 0.0568 e. The molecule has 1 heterocycles. The van der Waals surface area contributed by atoms with Gasteiger partial charge in [-0.05, 0) is 18.9 Å². The van der Waals surface area contributed by atoms with Gasteiger partial charge in [0.25, 0.3) is 0 Å². The van der Waals surface area contributed by atoms with Gasteiger partial charge in [0.1, 0.15) is 0 Å². The number of hydrogen-bond donors (Lipinski definition) is 0. The third-order valence-electron chi connectivity index (χ3n) is 1.02. The van der Waals surface area contributed by atoms with E-state index in [2.05, 4.69) is 16.9 Å². The third kappa shape index (κ3) is 5.14. The van der Waals surface area contributed by atoms with Crippen LogP contribution in [0.4, 0.5) is 0 Å². The molecule has 0 radical (unpaired) electrons. The zero-order valence-corrected chi connectivity index (χ0v) is 5.74. The first-order chi connectivity index (χ1) is 4.31. The van der Waals surface area contributed by atoms with Crippen molar-refractivity contribution >= 4 is 0 Å². The number of nitrogens with zero attached hydrogens (tertiary/aromatic N) is 3. The zero-order chi connectivity index (χ0) is 7.11. The lowest BCUT2D eigenvalue weighted by Gasteiger charge is -2.20. The van der Waals surface area contributed by atoms with Gasteiger partial charge in [-0.2, -0.15) is 0 Å². The molecule has 0 bridgehead atoms. The Labute approximate surface area is 54.4 Å². The quantitative estimate of drug-likeness (QED) is 0.279. The van der Waals surface area contributed by atoms with Crippen molar-refractivity contribution in [3.63, 3.8) is 0 Å². The van der Waals surface area contributed by atoms with E-state index < -0.39 is 0 Å². The molecule has 9 heavy (non-hydrogen) atoms. The predicted molar refractivity (Wildman–Crippen MR) is 35.1 cm³/mol. The number of azide groups is 1. The van der Waals surface area contributed by atoms with Gasteiger partial charge < -0.3 is 4.74 Å². The van der Waals surface area contributed by atoms with E-state index in [0.717, 1.165) is 6.61 Å². The molecule has 1 rings (SSSR count). The summed E-state index contributed by atoms with van der Waals surface area (Å²) in [4.78, 5) is 2.36. The van der Waals surface area contributed by atoms with Crippen LogP contribution in [0.15, 0.2) is 5.11 Å². The van der Waals surface area contributed by atoms with Gasteiger partial charge in [-0.15, -0.1) is 0 Å². The minimum atomic E-state index is 0.565. The van der Waals surface area contributed by atoms with Crippen molar-refractivity contribution in [2.45, 2.75) is 19.4 Å². The first-order valence-corrected chi connectivity index (χ1v) is 2.86. The molecule has 0 aromatic rings. The summed E-state index contributed by atoms with van der Waals surface area (Å²) in [5, 5.41) is 2.92. The van der Waals surface area contributed by atoms with Crippen molar-refractivity contribution in [1.29, 1.82) is 0 Å². The van der Waals surface area contributed by atoms with Crippen LogP contribution in [0.5, 0.6) is 0 Å². The molecule has 1 aliphatic rings. The number of rotatable bonds is 0. The lowest BCUT2D eigenvalue weighted by molar-refractivity contribution is -0.0375. The van der Waals surface area contributed by atoms with Gasteiger partial charge >= 0.3 is 0 Å². The molecule has 0 amide bonds. The van der Waals surface area contributed by atoms with E-state index in [4.69, 9.17) is 10.3 Å². The molecular weight excluding hydrogens is 118 g/mol. The monoisotopic (exact) mass is 129 g/mol. The second kappa shape index (κ2) is 5.41. The molecule has 4 heteroatoms. The first-order valence-electron chi connectivity index (χ1n) is 2.86. The summed E-state index contributed by atoms with van der Waals surface area (Å²) in [6.45, 7) is 3.07. The SMILES string of the molecule is CC1CCO1.CN=[N+]=[N-]. The summed E-state index contributed by atoms with van der Waals surface area (Å²) in [6.07, 6.45) is 1.83. The fourth-order valence-corrected chi connectivity index (χ4v) is 0.354. The van der Waals surface area contributed by atoms with Crippen LogP contribution in [-0.4, -0.2) is 19.8 Å². The van der Waals surface area contributed by atoms with E-state index in [0.29, 0.717) is 6.10 Å². The Balaban J connectivity index is 0.000000148. The lowest BCUT2D eigenvalue weighted by atomic mass is 10.2. The molecule has 1 atom stereocenters. The van der Waals surface area contributed by atoms with Gasteiger partial charge in [-0.3, -0.25) is 0 Å².